The second kappa shape index (κ2) is 8.73. The molecule has 122 valence electrons. The average molecular weight is 308 g/mol. The number of likely N-dealkylation sites (tertiary alicyclic amines) is 1. The van der Waals surface area contributed by atoms with Crippen LogP contribution in [-0.4, -0.2) is 43.1 Å². The lowest BCUT2D eigenvalue weighted by Gasteiger charge is -2.18. The standard InChI is InChI=1S/C17H25FN2O2/c1-2-16(22-15-8-6-14(18)7-9-15)17(21)19-10-5-13-20-11-3-4-12-20/h6-9,16H,2-5,10-13H2,1H3,(H,19,21)/t16-/m1/s1. The van der Waals surface area contributed by atoms with E-state index in [-0.39, 0.29) is 11.7 Å². The largest absolute Gasteiger partial charge is 0.481 e. The fourth-order valence-corrected chi connectivity index (χ4v) is 2.63. The SMILES string of the molecule is CC[C@@H](Oc1ccc(F)cc1)C(=O)NCCCN1CCCC1. The van der Waals surface area contributed by atoms with E-state index in [9.17, 15) is 9.18 Å². The monoisotopic (exact) mass is 308 g/mol. The molecule has 22 heavy (non-hydrogen) atoms. The third-order valence-electron chi connectivity index (χ3n) is 3.90. The summed E-state index contributed by atoms with van der Waals surface area (Å²) in [7, 11) is 0. The van der Waals surface area contributed by atoms with E-state index in [4.69, 9.17) is 4.74 Å². The van der Waals surface area contributed by atoms with Crippen LogP contribution in [0.4, 0.5) is 4.39 Å². The zero-order valence-corrected chi connectivity index (χ0v) is 13.2. The van der Waals surface area contributed by atoms with Gasteiger partial charge in [0, 0.05) is 6.54 Å². The molecule has 5 heteroatoms. The van der Waals surface area contributed by atoms with Crippen molar-refractivity contribution in [1.82, 2.24) is 10.2 Å². The van der Waals surface area contributed by atoms with Crippen molar-refractivity contribution in [1.29, 1.82) is 0 Å². The number of rotatable bonds is 8. The first-order valence-corrected chi connectivity index (χ1v) is 8.11. The number of benzene rings is 1. The molecule has 1 heterocycles. The summed E-state index contributed by atoms with van der Waals surface area (Å²) in [4.78, 5) is 14.5. The summed E-state index contributed by atoms with van der Waals surface area (Å²) < 4.78 is 18.5. The summed E-state index contributed by atoms with van der Waals surface area (Å²) in [5, 5.41) is 2.92. The Morgan fingerprint density at radius 3 is 2.64 bits per heavy atom. The molecule has 1 saturated heterocycles. The third-order valence-corrected chi connectivity index (χ3v) is 3.90. The first kappa shape index (κ1) is 16.7. The smallest absolute Gasteiger partial charge is 0.261 e. The Morgan fingerprint density at radius 2 is 2.00 bits per heavy atom. The lowest BCUT2D eigenvalue weighted by atomic mass is 10.2. The number of amides is 1. The van der Waals surface area contributed by atoms with Crippen LogP contribution in [-0.2, 0) is 4.79 Å². The van der Waals surface area contributed by atoms with Gasteiger partial charge in [0.05, 0.1) is 0 Å². The normalized spacial score (nSPS) is 16.5. The molecule has 2 rings (SSSR count). The van der Waals surface area contributed by atoms with E-state index in [1.807, 2.05) is 6.92 Å². The molecular formula is C17H25FN2O2. The van der Waals surface area contributed by atoms with Gasteiger partial charge in [-0.25, -0.2) is 4.39 Å². The van der Waals surface area contributed by atoms with Gasteiger partial charge in [-0.1, -0.05) is 6.92 Å². The lowest BCUT2D eigenvalue weighted by molar-refractivity contribution is -0.128. The summed E-state index contributed by atoms with van der Waals surface area (Å²) in [6.45, 7) is 5.96. The highest BCUT2D eigenvalue weighted by atomic mass is 19.1. The predicted molar refractivity (Wildman–Crippen MR) is 84.4 cm³/mol. The van der Waals surface area contributed by atoms with E-state index < -0.39 is 6.10 Å². The molecule has 0 unspecified atom stereocenters. The van der Waals surface area contributed by atoms with Crippen molar-refractivity contribution < 1.29 is 13.9 Å². The van der Waals surface area contributed by atoms with Gasteiger partial charge in [-0.05, 0) is 69.6 Å². The Balaban J connectivity index is 1.70. The molecule has 0 spiro atoms. The molecule has 1 N–H and O–H groups in total. The van der Waals surface area contributed by atoms with E-state index in [0.717, 1.165) is 13.0 Å². The van der Waals surface area contributed by atoms with Crippen LogP contribution >= 0.6 is 0 Å². The molecular weight excluding hydrogens is 283 g/mol. The second-order valence-electron chi connectivity index (χ2n) is 5.66. The highest BCUT2D eigenvalue weighted by molar-refractivity contribution is 5.81. The number of hydrogen-bond acceptors (Lipinski definition) is 3. The van der Waals surface area contributed by atoms with Crippen LogP contribution in [0.2, 0.25) is 0 Å². The third kappa shape index (κ3) is 5.30. The van der Waals surface area contributed by atoms with Gasteiger partial charge in [0.1, 0.15) is 11.6 Å². The molecule has 1 aromatic carbocycles. The van der Waals surface area contributed by atoms with Crippen molar-refractivity contribution in [2.75, 3.05) is 26.2 Å². The second-order valence-corrected chi connectivity index (χ2v) is 5.66. The van der Waals surface area contributed by atoms with Crippen LogP contribution in [0.25, 0.3) is 0 Å². The van der Waals surface area contributed by atoms with Crippen molar-refractivity contribution in [3.63, 3.8) is 0 Å². The lowest BCUT2D eigenvalue weighted by Crippen LogP contribution is -2.39. The fourth-order valence-electron chi connectivity index (χ4n) is 2.63. The molecule has 4 nitrogen and oxygen atoms in total. The summed E-state index contributed by atoms with van der Waals surface area (Å²) in [5.74, 6) is 0.0977. The van der Waals surface area contributed by atoms with Gasteiger partial charge in [0.2, 0.25) is 0 Å². The summed E-state index contributed by atoms with van der Waals surface area (Å²) in [6, 6.07) is 5.74. The van der Waals surface area contributed by atoms with Gasteiger partial charge in [-0.2, -0.15) is 0 Å². The van der Waals surface area contributed by atoms with Gasteiger partial charge in [-0.15, -0.1) is 0 Å². The number of nitrogens with one attached hydrogen (secondary N) is 1. The van der Waals surface area contributed by atoms with Crippen molar-refractivity contribution in [3.8, 4) is 5.75 Å². The van der Waals surface area contributed by atoms with E-state index in [1.165, 1.54) is 38.1 Å². The van der Waals surface area contributed by atoms with E-state index in [2.05, 4.69) is 10.2 Å². The molecule has 1 amide bonds. The van der Waals surface area contributed by atoms with Crippen molar-refractivity contribution in [2.45, 2.75) is 38.7 Å². The zero-order chi connectivity index (χ0) is 15.8. The van der Waals surface area contributed by atoms with Gasteiger partial charge < -0.3 is 15.0 Å². The van der Waals surface area contributed by atoms with Crippen LogP contribution in [0.15, 0.2) is 24.3 Å². The summed E-state index contributed by atoms with van der Waals surface area (Å²) >= 11 is 0. The van der Waals surface area contributed by atoms with Crippen LogP contribution in [0, 0.1) is 5.82 Å². The molecule has 0 radical (unpaired) electrons. The van der Waals surface area contributed by atoms with Gasteiger partial charge in [0.25, 0.3) is 5.91 Å². The van der Waals surface area contributed by atoms with Crippen LogP contribution in [0.1, 0.15) is 32.6 Å². The maximum Gasteiger partial charge on any atom is 0.261 e. The number of carbonyl (C=O) groups is 1. The Bertz CT molecular complexity index is 458. The van der Waals surface area contributed by atoms with E-state index in [1.54, 1.807) is 12.1 Å². The Labute approximate surface area is 131 Å². The summed E-state index contributed by atoms with van der Waals surface area (Å²) in [6.07, 6.45) is 3.58. The Morgan fingerprint density at radius 1 is 1.32 bits per heavy atom. The van der Waals surface area contributed by atoms with Crippen LogP contribution in [0.5, 0.6) is 5.75 Å². The molecule has 1 aliphatic heterocycles. The molecule has 1 aromatic rings. The molecule has 1 atom stereocenters. The zero-order valence-electron chi connectivity index (χ0n) is 13.2. The van der Waals surface area contributed by atoms with Crippen LogP contribution in [0.3, 0.4) is 0 Å². The number of nitrogens with zero attached hydrogens (tertiary/aromatic N) is 1. The quantitative estimate of drug-likeness (QED) is 0.751. The number of halogens is 1. The first-order chi connectivity index (χ1) is 10.7. The number of carbonyl (C=O) groups excluding carboxylic acids is 1. The molecule has 0 aliphatic carbocycles. The van der Waals surface area contributed by atoms with Crippen LogP contribution < -0.4 is 10.1 Å². The van der Waals surface area contributed by atoms with E-state index >= 15 is 0 Å². The predicted octanol–water partition coefficient (Wildman–Crippen LogP) is 2.59. The van der Waals surface area contributed by atoms with E-state index in [0.29, 0.717) is 18.7 Å². The maximum absolute atomic E-state index is 12.9. The van der Waals surface area contributed by atoms with Gasteiger partial charge in [0.15, 0.2) is 6.10 Å². The highest BCUT2D eigenvalue weighted by Crippen LogP contribution is 2.14. The first-order valence-electron chi connectivity index (χ1n) is 8.11. The minimum Gasteiger partial charge on any atom is -0.481 e. The van der Waals surface area contributed by atoms with Gasteiger partial charge >= 0.3 is 0 Å². The molecule has 0 bridgehead atoms. The van der Waals surface area contributed by atoms with Gasteiger partial charge in [-0.3, -0.25) is 4.79 Å². The molecule has 1 fully saturated rings. The molecule has 1 aliphatic rings. The van der Waals surface area contributed by atoms with Crippen molar-refractivity contribution >= 4 is 5.91 Å². The average Bonchev–Trinajstić information content (AvgIpc) is 3.04. The van der Waals surface area contributed by atoms with Crippen molar-refractivity contribution in [2.24, 2.45) is 0 Å². The Hall–Kier alpha value is -1.62. The maximum atomic E-state index is 12.9. The minimum atomic E-state index is -0.530. The number of ether oxygens (including phenoxy) is 1. The molecule has 0 saturated carbocycles. The Kier molecular flexibility index (Phi) is 6.65. The molecule has 0 aromatic heterocycles. The van der Waals surface area contributed by atoms with Crippen molar-refractivity contribution in [3.05, 3.63) is 30.1 Å². The number of hydrogen-bond donors (Lipinski definition) is 1. The summed E-state index contributed by atoms with van der Waals surface area (Å²) in [5.41, 5.74) is 0. The minimum absolute atomic E-state index is 0.103. The highest BCUT2D eigenvalue weighted by Gasteiger charge is 2.18. The topological polar surface area (TPSA) is 41.6 Å². The fraction of sp³-hybridized carbons (Fsp3) is 0.588.